The SMILES string of the molecule is Cc1ccc(C2=NN(C(=O)c3cccc(Cl)c3)[C@H](c3ccco3)C2)cc1. The zero-order chi connectivity index (χ0) is 18.1. The van der Waals surface area contributed by atoms with Crippen molar-refractivity contribution in [2.24, 2.45) is 5.10 Å². The third-order valence-electron chi connectivity index (χ3n) is 4.45. The van der Waals surface area contributed by atoms with Crippen LogP contribution >= 0.6 is 11.6 Å². The van der Waals surface area contributed by atoms with E-state index in [-0.39, 0.29) is 11.9 Å². The van der Waals surface area contributed by atoms with Crippen molar-refractivity contribution in [3.05, 3.63) is 94.4 Å². The molecule has 1 aliphatic heterocycles. The van der Waals surface area contributed by atoms with Crippen LogP contribution in [0.4, 0.5) is 0 Å². The molecule has 0 spiro atoms. The maximum absolute atomic E-state index is 13.1. The van der Waals surface area contributed by atoms with Crippen LogP contribution in [0.2, 0.25) is 5.02 Å². The summed E-state index contributed by atoms with van der Waals surface area (Å²) in [6.07, 6.45) is 2.21. The van der Waals surface area contributed by atoms with Gasteiger partial charge in [-0.25, -0.2) is 5.01 Å². The van der Waals surface area contributed by atoms with E-state index >= 15 is 0 Å². The molecule has 1 aromatic heterocycles. The van der Waals surface area contributed by atoms with Gasteiger partial charge < -0.3 is 4.42 Å². The van der Waals surface area contributed by atoms with Crippen LogP contribution in [0.5, 0.6) is 0 Å². The summed E-state index contributed by atoms with van der Waals surface area (Å²) in [4.78, 5) is 13.1. The molecular formula is C21H17ClN2O2. The third kappa shape index (κ3) is 3.16. The topological polar surface area (TPSA) is 45.8 Å². The lowest BCUT2D eigenvalue weighted by molar-refractivity contribution is 0.0693. The highest BCUT2D eigenvalue weighted by atomic mass is 35.5. The minimum absolute atomic E-state index is 0.198. The molecule has 4 rings (SSSR count). The molecule has 0 unspecified atom stereocenters. The zero-order valence-electron chi connectivity index (χ0n) is 14.2. The van der Waals surface area contributed by atoms with E-state index in [0.29, 0.717) is 22.8 Å². The Bertz CT molecular complexity index is 962. The van der Waals surface area contributed by atoms with E-state index in [0.717, 1.165) is 11.3 Å². The molecular weight excluding hydrogens is 348 g/mol. The largest absolute Gasteiger partial charge is 0.467 e. The van der Waals surface area contributed by atoms with Crippen LogP contribution in [-0.2, 0) is 0 Å². The van der Waals surface area contributed by atoms with Crippen molar-refractivity contribution in [1.29, 1.82) is 0 Å². The minimum atomic E-state index is -0.271. The minimum Gasteiger partial charge on any atom is -0.467 e. The van der Waals surface area contributed by atoms with Crippen LogP contribution in [0.15, 0.2) is 76.4 Å². The molecule has 1 amide bonds. The van der Waals surface area contributed by atoms with E-state index in [1.165, 1.54) is 10.6 Å². The molecule has 4 nitrogen and oxygen atoms in total. The molecule has 2 heterocycles. The first-order chi connectivity index (χ1) is 12.6. The number of carbonyl (C=O) groups excluding carboxylic acids is 1. The number of carbonyl (C=O) groups is 1. The fourth-order valence-electron chi connectivity index (χ4n) is 3.07. The summed E-state index contributed by atoms with van der Waals surface area (Å²) in [6.45, 7) is 2.04. The second-order valence-electron chi connectivity index (χ2n) is 6.31. The monoisotopic (exact) mass is 364 g/mol. The van der Waals surface area contributed by atoms with Gasteiger partial charge in [0, 0.05) is 17.0 Å². The van der Waals surface area contributed by atoms with Gasteiger partial charge in [0.05, 0.1) is 12.0 Å². The molecule has 5 heteroatoms. The second kappa shape index (κ2) is 6.81. The Kier molecular flexibility index (Phi) is 4.35. The van der Waals surface area contributed by atoms with Crippen molar-refractivity contribution in [2.45, 2.75) is 19.4 Å². The van der Waals surface area contributed by atoms with Crippen molar-refractivity contribution in [3.8, 4) is 0 Å². The van der Waals surface area contributed by atoms with E-state index in [4.69, 9.17) is 16.0 Å². The Morgan fingerprint density at radius 2 is 1.96 bits per heavy atom. The number of hydrogen-bond donors (Lipinski definition) is 0. The van der Waals surface area contributed by atoms with Crippen molar-refractivity contribution >= 4 is 23.2 Å². The van der Waals surface area contributed by atoms with Gasteiger partial charge in [-0.2, -0.15) is 5.10 Å². The molecule has 0 radical (unpaired) electrons. The lowest BCUT2D eigenvalue weighted by Crippen LogP contribution is -2.26. The Morgan fingerprint density at radius 3 is 2.65 bits per heavy atom. The summed E-state index contributed by atoms with van der Waals surface area (Å²) >= 11 is 6.05. The molecule has 26 heavy (non-hydrogen) atoms. The molecule has 0 bridgehead atoms. The van der Waals surface area contributed by atoms with Gasteiger partial charge in [0.15, 0.2) is 0 Å². The van der Waals surface area contributed by atoms with Crippen LogP contribution in [0.3, 0.4) is 0 Å². The molecule has 1 atom stereocenters. The van der Waals surface area contributed by atoms with Gasteiger partial charge in [0.25, 0.3) is 5.91 Å². The first kappa shape index (κ1) is 16.6. The van der Waals surface area contributed by atoms with Crippen LogP contribution in [-0.4, -0.2) is 16.6 Å². The van der Waals surface area contributed by atoms with Gasteiger partial charge >= 0.3 is 0 Å². The normalized spacial score (nSPS) is 16.6. The molecule has 0 saturated carbocycles. The molecule has 2 aromatic carbocycles. The highest BCUT2D eigenvalue weighted by Gasteiger charge is 2.35. The summed E-state index contributed by atoms with van der Waals surface area (Å²) in [6, 6.07) is 18.5. The summed E-state index contributed by atoms with van der Waals surface area (Å²) < 4.78 is 5.57. The molecule has 0 aliphatic carbocycles. The molecule has 3 aromatic rings. The number of amides is 1. The lowest BCUT2D eigenvalue weighted by Gasteiger charge is -2.20. The Labute approximate surface area is 156 Å². The number of aryl methyl sites for hydroxylation is 1. The molecule has 0 saturated heterocycles. The molecule has 0 fully saturated rings. The third-order valence-corrected chi connectivity index (χ3v) is 4.68. The fourth-order valence-corrected chi connectivity index (χ4v) is 3.26. The predicted molar refractivity (Wildman–Crippen MR) is 101 cm³/mol. The van der Waals surface area contributed by atoms with Gasteiger partial charge in [0.2, 0.25) is 0 Å². The maximum atomic E-state index is 13.1. The number of benzene rings is 2. The molecule has 130 valence electrons. The van der Waals surface area contributed by atoms with Crippen LogP contribution in [0, 0.1) is 6.92 Å². The lowest BCUT2D eigenvalue weighted by atomic mass is 10.0. The number of halogens is 1. The Hall–Kier alpha value is -2.85. The second-order valence-corrected chi connectivity index (χ2v) is 6.74. The van der Waals surface area contributed by atoms with E-state index < -0.39 is 0 Å². The quantitative estimate of drug-likeness (QED) is 0.638. The number of hydrogen-bond acceptors (Lipinski definition) is 3. The van der Waals surface area contributed by atoms with Gasteiger partial charge in [-0.15, -0.1) is 0 Å². The predicted octanol–water partition coefficient (Wildman–Crippen LogP) is 5.23. The average Bonchev–Trinajstić information content (AvgIpc) is 3.31. The molecule has 1 aliphatic rings. The number of rotatable bonds is 3. The maximum Gasteiger partial charge on any atom is 0.274 e. The summed E-state index contributed by atoms with van der Waals surface area (Å²) in [5, 5.41) is 6.65. The summed E-state index contributed by atoms with van der Waals surface area (Å²) in [5.74, 6) is 0.516. The molecule has 0 N–H and O–H groups in total. The van der Waals surface area contributed by atoms with E-state index in [1.807, 2.05) is 43.3 Å². The summed E-state index contributed by atoms with van der Waals surface area (Å²) in [7, 11) is 0. The van der Waals surface area contributed by atoms with E-state index in [2.05, 4.69) is 5.10 Å². The van der Waals surface area contributed by atoms with Crippen molar-refractivity contribution in [2.75, 3.05) is 0 Å². The highest BCUT2D eigenvalue weighted by Crippen LogP contribution is 2.34. The highest BCUT2D eigenvalue weighted by molar-refractivity contribution is 6.31. The summed E-state index contributed by atoms with van der Waals surface area (Å²) in [5.41, 5.74) is 3.56. The van der Waals surface area contributed by atoms with E-state index in [1.54, 1.807) is 30.5 Å². The Morgan fingerprint density at radius 1 is 1.15 bits per heavy atom. The zero-order valence-corrected chi connectivity index (χ0v) is 15.0. The standard InChI is InChI=1S/C21H17ClN2O2/c1-14-7-9-15(10-8-14)18-13-19(20-6-3-11-26-20)24(23-18)21(25)16-4-2-5-17(22)12-16/h2-12,19H,13H2,1H3/t19-/m0/s1. The van der Waals surface area contributed by atoms with Gasteiger partial charge in [-0.3, -0.25) is 4.79 Å². The van der Waals surface area contributed by atoms with E-state index in [9.17, 15) is 4.79 Å². The first-order valence-electron chi connectivity index (χ1n) is 8.39. The smallest absolute Gasteiger partial charge is 0.274 e. The number of nitrogens with zero attached hydrogens (tertiary/aromatic N) is 2. The number of furan rings is 1. The van der Waals surface area contributed by atoms with Gasteiger partial charge in [-0.05, 0) is 42.8 Å². The van der Waals surface area contributed by atoms with Crippen molar-refractivity contribution in [1.82, 2.24) is 5.01 Å². The van der Waals surface area contributed by atoms with Crippen LogP contribution in [0.1, 0.15) is 39.7 Å². The fraction of sp³-hybridized carbons (Fsp3) is 0.143. The Balaban J connectivity index is 1.72. The average molecular weight is 365 g/mol. The van der Waals surface area contributed by atoms with Gasteiger partial charge in [-0.1, -0.05) is 47.5 Å². The van der Waals surface area contributed by atoms with Gasteiger partial charge in [0.1, 0.15) is 11.8 Å². The van der Waals surface area contributed by atoms with Crippen LogP contribution in [0.25, 0.3) is 0 Å². The van der Waals surface area contributed by atoms with Crippen LogP contribution < -0.4 is 0 Å². The van der Waals surface area contributed by atoms with Crippen molar-refractivity contribution in [3.63, 3.8) is 0 Å². The van der Waals surface area contributed by atoms with Crippen molar-refractivity contribution < 1.29 is 9.21 Å². The first-order valence-corrected chi connectivity index (χ1v) is 8.76. The number of hydrazone groups is 1.